The largest absolute Gasteiger partial charge is 0.481 e. The number of hydrogen-bond donors (Lipinski definition) is 3. The van der Waals surface area contributed by atoms with Gasteiger partial charge in [0.1, 0.15) is 5.78 Å². The van der Waals surface area contributed by atoms with Gasteiger partial charge in [-0.25, -0.2) is 9.59 Å². The monoisotopic (exact) mass is 1610 g/mol. The predicted molar refractivity (Wildman–Crippen MR) is 469 cm³/mol. The molecule has 0 saturated carbocycles. The number of amides is 3. The number of nitrogens with one attached hydrogen (secondary N) is 1. The van der Waals surface area contributed by atoms with Gasteiger partial charge in [0, 0.05) is 25.8 Å². The van der Waals surface area contributed by atoms with Gasteiger partial charge < -0.3 is 35.1 Å². The normalized spacial score (nSPS) is 13.4. The van der Waals surface area contributed by atoms with Crippen LogP contribution < -0.4 is 11.1 Å². The van der Waals surface area contributed by atoms with Crippen LogP contribution in [0.15, 0.2) is 48.5 Å². The third-order valence-corrected chi connectivity index (χ3v) is 21.5. The number of cyclic esters (lactones) is 2. The first-order valence-electron chi connectivity index (χ1n) is 45.3. The molecule has 0 radical (unpaired) electrons. The third-order valence-electron chi connectivity index (χ3n) is 21.4. The van der Waals surface area contributed by atoms with Crippen LogP contribution in [0.2, 0.25) is 0 Å². The van der Waals surface area contributed by atoms with E-state index in [4.69, 9.17) is 49.5 Å². The number of alkyl halides is 1. The number of hydrogen-bond acceptors (Lipinski definition) is 13. The van der Waals surface area contributed by atoms with Gasteiger partial charge in [0.2, 0.25) is 12.7 Å². The van der Waals surface area contributed by atoms with Crippen LogP contribution in [0.3, 0.4) is 0 Å². The Morgan fingerprint density at radius 3 is 1.11 bits per heavy atom. The lowest BCUT2D eigenvalue weighted by atomic mass is 10.0. The third kappa shape index (κ3) is 61.0. The lowest BCUT2D eigenvalue weighted by Gasteiger charge is -2.27. The Labute approximate surface area is 698 Å². The molecule has 114 heavy (non-hydrogen) atoms. The van der Waals surface area contributed by atoms with Crippen LogP contribution in [0.5, 0.6) is 0 Å². The number of ketones is 1. The van der Waals surface area contributed by atoms with E-state index in [1.54, 1.807) is 4.90 Å². The molecule has 2 atom stereocenters. The van der Waals surface area contributed by atoms with Crippen molar-refractivity contribution in [2.24, 2.45) is 5.73 Å². The molecular formula is C96H161ClN4O13. The first-order valence-corrected chi connectivity index (χ1v) is 45.8. The number of carboxylic acids is 1. The lowest BCUT2D eigenvalue weighted by Crippen LogP contribution is -2.35. The van der Waals surface area contributed by atoms with E-state index < -0.39 is 42.9 Å². The van der Waals surface area contributed by atoms with Crippen molar-refractivity contribution in [3.8, 4) is 24.7 Å². The van der Waals surface area contributed by atoms with E-state index in [0.29, 0.717) is 13.0 Å². The second-order valence-corrected chi connectivity index (χ2v) is 31.4. The Morgan fingerprint density at radius 1 is 0.447 bits per heavy atom. The van der Waals surface area contributed by atoms with Gasteiger partial charge in [0.25, 0.3) is 0 Å². The number of aryl methyl sites for hydroxylation is 2. The topological polar surface area (TPSA) is 238 Å². The van der Waals surface area contributed by atoms with Crippen molar-refractivity contribution in [3.05, 3.63) is 70.8 Å². The number of carbonyl (C=O) groups is 8. The van der Waals surface area contributed by atoms with E-state index >= 15 is 0 Å². The average Bonchev–Trinajstić information content (AvgIpc) is 1.66. The number of unbranched alkanes of at least 4 members (excludes halogenated alkanes) is 46. The van der Waals surface area contributed by atoms with E-state index in [1.807, 2.05) is 36.4 Å². The van der Waals surface area contributed by atoms with Crippen molar-refractivity contribution >= 4 is 59.4 Å². The number of rotatable bonds is 64. The molecular weight excluding hydrogens is 1450 g/mol. The summed E-state index contributed by atoms with van der Waals surface area (Å²) in [5, 5.41) is 11.3. The minimum Gasteiger partial charge on any atom is -0.481 e. The van der Waals surface area contributed by atoms with Crippen LogP contribution in [-0.2, 0) is 60.6 Å². The minimum absolute atomic E-state index is 0. The zero-order valence-corrected chi connectivity index (χ0v) is 72.0. The lowest BCUT2D eigenvalue weighted by molar-refractivity contribution is -0.154. The quantitative estimate of drug-likeness (QED) is 0.0106. The molecule has 0 unspecified atom stereocenters. The summed E-state index contributed by atoms with van der Waals surface area (Å²) in [5.74, 6) is 2.69. The van der Waals surface area contributed by atoms with Crippen molar-refractivity contribution in [2.75, 3.05) is 39.0 Å². The van der Waals surface area contributed by atoms with E-state index in [9.17, 15) is 38.4 Å². The van der Waals surface area contributed by atoms with Gasteiger partial charge in [-0.05, 0) is 73.7 Å². The molecule has 17 nitrogen and oxygen atoms in total. The summed E-state index contributed by atoms with van der Waals surface area (Å²) in [6.45, 7) is 8.24. The SMILES string of the molecule is C.C#CCN(C(=O)OCCl)[C@@H]1CCc2ccccc21.C#CCN(C(=O)OCOC(=O)CCC(=O)CCCCCCCCCCCCCCCCCCC)[C@@H]1CCc2ccccc21.CCCCCCCCCCCCCCCCCCN.CCCCCCCCCCCCCCCCCCNC(=O)CCC(=O)O.O=C1CCC(=O)O1. The fourth-order valence-electron chi connectivity index (χ4n) is 14.7. The Hall–Kier alpha value is -6.43. The number of Topliss-reactive ketones (excluding diaryl/α,β-unsaturated/α-hetero) is 1. The Morgan fingerprint density at radius 2 is 0.781 bits per heavy atom. The maximum atomic E-state index is 12.7. The van der Waals surface area contributed by atoms with Crippen molar-refractivity contribution in [1.82, 2.24) is 15.1 Å². The van der Waals surface area contributed by atoms with Gasteiger partial charge in [-0.3, -0.25) is 38.6 Å². The molecule has 2 aromatic rings. The highest BCUT2D eigenvalue weighted by atomic mass is 35.5. The number of terminal acetylenes is 2. The zero-order valence-electron chi connectivity index (χ0n) is 71.3. The summed E-state index contributed by atoms with van der Waals surface area (Å²) >= 11 is 5.43. The number of carbonyl (C=O) groups excluding carboxylic acids is 7. The summed E-state index contributed by atoms with van der Waals surface area (Å²) in [5.41, 5.74) is 10.2. The van der Waals surface area contributed by atoms with Gasteiger partial charge in [-0.2, -0.15) is 0 Å². The van der Waals surface area contributed by atoms with E-state index in [2.05, 4.69) is 54.8 Å². The highest BCUT2D eigenvalue weighted by Gasteiger charge is 2.33. The molecule has 2 aliphatic carbocycles. The Bertz CT molecular complexity index is 2790. The highest BCUT2D eigenvalue weighted by Crippen LogP contribution is 2.37. The van der Waals surface area contributed by atoms with Crippen LogP contribution in [0.25, 0.3) is 0 Å². The molecule has 0 aromatic heterocycles. The second-order valence-electron chi connectivity index (χ2n) is 31.2. The standard InChI is InChI=1S/C37H57NO5.C22H43NO3.C18H39N.C14H14ClNO2.C4H4O3.CH4/c1-3-5-6-7-8-9-10-11-12-13-14-15-16-17-18-19-20-24-33(39)27-29-36(40)42-31-43-37(41)38(30-4-2)35-28-26-32-23-21-22-25-34(32)35;1-2-3-4-5-6-7-8-9-10-11-12-13-14-15-16-17-20-23-21(24)18-19-22(25)26;1-2-3-4-5-6-7-8-9-10-11-12-13-14-15-16-17-18-19;1-2-9-16(14(17)18-10-15)13-8-7-11-5-3-4-6-12(11)13;5-3-1-2-4(6)7-3;/h2,21-23,25,35H,3,5-20,24,26-31H2,1H3;2-20H2,1H3,(H,23,24)(H,25,26);2-19H2,1H3;1,3-6,13H,7-10H2;1-2H2;1H4/t35-;;;13-;;/m1..1../s1. The first-order chi connectivity index (χ1) is 55.2. The minimum atomic E-state index is -0.914. The molecule has 1 fully saturated rings. The number of ether oxygens (including phenoxy) is 4. The van der Waals surface area contributed by atoms with Crippen LogP contribution in [-0.4, -0.2) is 102 Å². The number of carboxylic acid groups (broad SMARTS) is 1. The number of nitrogens with two attached hydrogens (primary N) is 1. The van der Waals surface area contributed by atoms with Crippen LogP contribution in [0.4, 0.5) is 9.59 Å². The molecule has 0 spiro atoms. The van der Waals surface area contributed by atoms with E-state index in [1.165, 1.54) is 305 Å². The molecule has 1 aliphatic heterocycles. The molecule has 2 aromatic carbocycles. The van der Waals surface area contributed by atoms with Gasteiger partial charge in [0.15, 0.2) is 6.07 Å². The Balaban J connectivity index is 0.00000153. The fraction of sp³-hybridized carbons (Fsp3) is 0.750. The summed E-state index contributed by atoms with van der Waals surface area (Å²) in [6.07, 6.45) is 81.0. The summed E-state index contributed by atoms with van der Waals surface area (Å²) in [4.78, 5) is 93.6. The molecule has 18 heteroatoms. The molecule has 1 saturated heterocycles. The summed E-state index contributed by atoms with van der Waals surface area (Å²) in [7, 11) is 0. The van der Waals surface area contributed by atoms with Crippen molar-refractivity contribution in [1.29, 1.82) is 0 Å². The van der Waals surface area contributed by atoms with Crippen molar-refractivity contribution in [2.45, 2.75) is 426 Å². The maximum Gasteiger partial charge on any atom is 0.413 e. The van der Waals surface area contributed by atoms with E-state index in [0.717, 1.165) is 69.0 Å². The Kier molecular flexibility index (Phi) is 74.6. The van der Waals surface area contributed by atoms with Gasteiger partial charge in [-0.15, -0.1) is 12.8 Å². The molecule has 3 amide bonds. The number of nitrogens with zero attached hydrogens (tertiary/aromatic N) is 2. The predicted octanol–water partition coefficient (Wildman–Crippen LogP) is 25.5. The fourth-order valence-corrected chi connectivity index (χ4v) is 14.8. The number of benzene rings is 2. The summed E-state index contributed by atoms with van der Waals surface area (Å²) < 4.78 is 19.2. The molecule has 4 N–H and O–H groups in total. The smallest absolute Gasteiger partial charge is 0.413 e. The van der Waals surface area contributed by atoms with Gasteiger partial charge >= 0.3 is 36.1 Å². The molecule has 3 aliphatic rings. The zero-order chi connectivity index (χ0) is 82.5. The van der Waals surface area contributed by atoms with Crippen LogP contribution in [0, 0.1) is 24.7 Å². The average molecular weight is 1610 g/mol. The summed E-state index contributed by atoms with van der Waals surface area (Å²) in [6, 6.07) is 15.8. The van der Waals surface area contributed by atoms with E-state index in [-0.39, 0.29) is 88.9 Å². The number of fused-ring (bicyclic) bond motifs is 2. The highest BCUT2D eigenvalue weighted by molar-refractivity contribution is 6.17. The molecule has 1 heterocycles. The second kappa shape index (κ2) is 79.1. The van der Waals surface area contributed by atoms with Crippen molar-refractivity contribution in [3.63, 3.8) is 0 Å². The van der Waals surface area contributed by atoms with Gasteiger partial charge in [-0.1, -0.05) is 396 Å². The first kappa shape index (κ1) is 108. The van der Waals surface area contributed by atoms with Crippen LogP contribution in [0.1, 0.15) is 435 Å². The number of halogens is 1. The number of esters is 3. The number of aliphatic carboxylic acids is 1. The maximum absolute atomic E-state index is 12.7. The molecule has 5 rings (SSSR count). The van der Waals surface area contributed by atoms with Gasteiger partial charge in [0.05, 0.1) is 50.9 Å². The van der Waals surface area contributed by atoms with Crippen molar-refractivity contribution < 1.29 is 62.4 Å². The molecule has 0 bridgehead atoms. The van der Waals surface area contributed by atoms with Crippen LogP contribution >= 0.6 is 11.6 Å². The molecule has 650 valence electrons.